The molecule has 0 radical (unpaired) electrons. The number of fused-ring (bicyclic) bond motifs is 1. The molecule has 82 valence electrons. The summed E-state index contributed by atoms with van der Waals surface area (Å²) < 4.78 is 2.02. The lowest BCUT2D eigenvalue weighted by Gasteiger charge is -2.15. The second-order valence-electron chi connectivity index (χ2n) is 4.16. The second kappa shape index (κ2) is 3.33. The number of nitrogens with zero attached hydrogens (tertiary/aromatic N) is 3. The van der Waals surface area contributed by atoms with Crippen molar-refractivity contribution in [3.63, 3.8) is 0 Å². The Morgan fingerprint density at radius 3 is 3.06 bits per heavy atom. The fraction of sp³-hybridized carbons (Fsp3) is 0.333. The van der Waals surface area contributed by atoms with Crippen LogP contribution >= 0.6 is 0 Å². The second-order valence-corrected chi connectivity index (χ2v) is 4.16. The minimum Gasteiger partial charge on any atom is -0.312 e. The molecule has 1 saturated heterocycles. The number of amides is 1. The van der Waals surface area contributed by atoms with Gasteiger partial charge in [0, 0.05) is 42.8 Å². The van der Waals surface area contributed by atoms with E-state index in [0.717, 1.165) is 30.0 Å². The Hall–Kier alpha value is -1.84. The Morgan fingerprint density at radius 2 is 2.31 bits per heavy atom. The van der Waals surface area contributed by atoms with Crippen molar-refractivity contribution in [2.45, 2.75) is 19.8 Å². The number of hydrogen-bond donors (Lipinski definition) is 0. The van der Waals surface area contributed by atoms with Gasteiger partial charge < -0.3 is 9.30 Å². The first kappa shape index (κ1) is 9.39. The van der Waals surface area contributed by atoms with E-state index >= 15 is 0 Å². The number of carbonyl (C=O) groups is 1. The van der Waals surface area contributed by atoms with Gasteiger partial charge in [-0.1, -0.05) is 0 Å². The van der Waals surface area contributed by atoms with Crippen LogP contribution in [0.2, 0.25) is 0 Å². The molecule has 0 unspecified atom stereocenters. The van der Waals surface area contributed by atoms with E-state index in [1.807, 2.05) is 40.8 Å². The number of anilines is 1. The standard InChI is InChI=1S/C12H13N3O/c1-9-8-13-11-7-10(4-6-14(9)11)15-5-2-3-12(15)16/h4,6-8H,2-3,5H2,1H3. The molecule has 0 N–H and O–H groups in total. The van der Waals surface area contributed by atoms with Crippen molar-refractivity contribution < 1.29 is 4.79 Å². The van der Waals surface area contributed by atoms with E-state index < -0.39 is 0 Å². The molecule has 2 aromatic rings. The summed E-state index contributed by atoms with van der Waals surface area (Å²) in [5.74, 6) is 0.215. The van der Waals surface area contributed by atoms with Gasteiger partial charge in [-0.05, 0) is 19.4 Å². The van der Waals surface area contributed by atoms with E-state index in [1.165, 1.54) is 0 Å². The smallest absolute Gasteiger partial charge is 0.227 e. The number of hydrogen-bond acceptors (Lipinski definition) is 2. The zero-order valence-corrected chi connectivity index (χ0v) is 9.18. The quantitative estimate of drug-likeness (QED) is 0.727. The molecule has 1 aliphatic rings. The van der Waals surface area contributed by atoms with E-state index in [4.69, 9.17) is 0 Å². The van der Waals surface area contributed by atoms with Crippen molar-refractivity contribution in [1.82, 2.24) is 9.38 Å². The Balaban J connectivity index is 2.08. The normalized spacial score (nSPS) is 16.3. The molecule has 4 nitrogen and oxygen atoms in total. The number of carbonyl (C=O) groups excluding carboxylic acids is 1. The van der Waals surface area contributed by atoms with Gasteiger partial charge >= 0.3 is 0 Å². The Morgan fingerprint density at radius 1 is 1.44 bits per heavy atom. The molecule has 4 heteroatoms. The summed E-state index contributed by atoms with van der Waals surface area (Å²) in [6.45, 7) is 2.84. The molecule has 0 spiro atoms. The molecule has 0 aliphatic carbocycles. The highest BCUT2D eigenvalue weighted by Crippen LogP contribution is 2.22. The van der Waals surface area contributed by atoms with Crippen LogP contribution in [-0.4, -0.2) is 21.8 Å². The van der Waals surface area contributed by atoms with Crippen LogP contribution in [0.15, 0.2) is 24.5 Å². The maximum Gasteiger partial charge on any atom is 0.227 e. The number of aromatic nitrogens is 2. The number of aryl methyl sites for hydroxylation is 1. The largest absolute Gasteiger partial charge is 0.312 e. The van der Waals surface area contributed by atoms with Crippen LogP contribution in [0, 0.1) is 6.92 Å². The molecule has 1 fully saturated rings. The fourth-order valence-corrected chi connectivity index (χ4v) is 2.19. The lowest BCUT2D eigenvalue weighted by atomic mass is 10.3. The third kappa shape index (κ3) is 1.30. The average Bonchev–Trinajstić information content (AvgIpc) is 2.86. The summed E-state index contributed by atoms with van der Waals surface area (Å²) in [5.41, 5.74) is 2.96. The minimum atomic E-state index is 0.215. The fourth-order valence-electron chi connectivity index (χ4n) is 2.19. The summed E-state index contributed by atoms with van der Waals surface area (Å²) in [5, 5.41) is 0. The number of rotatable bonds is 1. The van der Waals surface area contributed by atoms with Crippen molar-refractivity contribution in [3.05, 3.63) is 30.2 Å². The summed E-state index contributed by atoms with van der Waals surface area (Å²) in [4.78, 5) is 17.8. The molecule has 16 heavy (non-hydrogen) atoms. The maximum absolute atomic E-state index is 11.6. The van der Waals surface area contributed by atoms with Crippen molar-refractivity contribution in [1.29, 1.82) is 0 Å². The van der Waals surface area contributed by atoms with Crippen LogP contribution in [0.4, 0.5) is 5.69 Å². The highest BCUT2D eigenvalue weighted by atomic mass is 16.2. The van der Waals surface area contributed by atoms with Crippen LogP contribution in [0.5, 0.6) is 0 Å². The van der Waals surface area contributed by atoms with Gasteiger partial charge in [-0.3, -0.25) is 4.79 Å². The molecule has 0 atom stereocenters. The van der Waals surface area contributed by atoms with Gasteiger partial charge in [-0.25, -0.2) is 4.98 Å². The molecule has 0 saturated carbocycles. The molecular weight excluding hydrogens is 202 g/mol. The predicted molar refractivity (Wildman–Crippen MR) is 61.5 cm³/mol. The summed E-state index contributed by atoms with van der Waals surface area (Å²) in [7, 11) is 0. The SMILES string of the molecule is Cc1cnc2cc(N3CCCC3=O)ccn12. The molecule has 3 heterocycles. The van der Waals surface area contributed by atoms with Gasteiger partial charge in [0.25, 0.3) is 0 Å². The predicted octanol–water partition coefficient (Wildman–Crippen LogP) is 1.77. The van der Waals surface area contributed by atoms with Gasteiger partial charge in [0.15, 0.2) is 0 Å². The Labute approximate surface area is 93.5 Å². The van der Waals surface area contributed by atoms with Crippen LogP contribution in [0.25, 0.3) is 5.65 Å². The van der Waals surface area contributed by atoms with Crippen molar-refractivity contribution >= 4 is 17.2 Å². The highest BCUT2D eigenvalue weighted by Gasteiger charge is 2.21. The van der Waals surface area contributed by atoms with Gasteiger partial charge in [0.1, 0.15) is 5.65 Å². The molecule has 2 aromatic heterocycles. The molecule has 3 rings (SSSR count). The first-order chi connectivity index (χ1) is 7.75. The number of imidazole rings is 1. The molecule has 0 aromatic carbocycles. The topological polar surface area (TPSA) is 37.6 Å². The third-order valence-electron chi connectivity index (χ3n) is 3.07. The van der Waals surface area contributed by atoms with E-state index in [1.54, 1.807) is 0 Å². The van der Waals surface area contributed by atoms with Crippen molar-refractivity contribution in [3.8, 4) is 0 Å². The van der Waals surface area contributed by atoms with E-state index in [2.05, 4.69) is 4.98 Å². The average molecular weight is 215 g/mol. The monoisotopic (exact) mass is 215 g/mol. The van der Waals surface area contributed by atoms with Crippen LogP contribution < -0.4 is 4.90 Å². The highest BCUT2D eigenvalue weighted by molar-refractivity contribution is 5.95. The lowest BCUT2D eigenvalue weighted by molar-refractivity contribution is -0.117. The maximum atomic E-state index is 11.6. The molecule has 1 amide bonds. The first-order valence-electron chi connectivity index (χ1n) is 5.50. The van der Waals surface area contributed by atoms with Crippen LogP contribution in [0.1, 0.15) is 18.5 Å². The molecule has 1 aliphatic heterocycles. The van der Waals surface area contributed by atoms with Gasteiger partial charge in [-0.15, -0.1) is 0 Å². The summed E-state index contributed by atoms with van der Waals surface area (Å²) in [6.07, 6.45) is 5.43. The summed E-state index contributed by atoms with van der Waals surface area (Å²) in [6, 6.07) is 3.95. The zero-order valence-electron chi connectivity index (χ0n) is 9.18. The van der Waals surface area contributed by atoms with Crippen LogP contribution in [0.3, 0.4) is 0 Å². The van der Waals surface area contributed by atoms with Crippen molar-refractivity contribution in [2.24, 2.45) is 0 Å². The van der Waals surface area contributed by atoms with Crippen molar-refractivity contribution in [2.75, 3.05) is 11.4 Å². The first-order valence-corrected chi connectivity index (χ1v) is 5.50. The lowest BCUT2D eigenvalue weighted by Crippen LogP contribution is -2.23. The third-order valence-corrected chi connectivity index (χ3v) is 3.07. The van der Waals surface area contributed by atoms with Gasteiger partial charge in [0.2, 0.25) is 5.91 Å². The van der Waals surface area contributed by atoms with E-state index in [9.17, 15) is 4.79 Å². The van der Waals surface area contributed by atoms with Gasteiger partial charge in [0.05, 0.1) is 0 Å². The van der Waals surface area contributed by atoms with Gasteiger partial charge in [-0.2, -0.15) is 0 Å². The van der Waals surface area contributed by atoms with E-state index in [-0.39, 0.29) is 5.91 Å². The zero-order chi connectivity index (χ0) is 11.1. The Bertz CT molecular complexity index is 558. The minimum absolute atomic E-state index is 0.215. The van der Waals surface area contributed by atoms with E-state index in [0.29, 0.717) is 6.42 Å². The summed E-state index contributed by atoms with van der Waals surface area (Å²) >= 11 is 0. The Kier molecular flexibility index (Phi) is 1.96. The molecule has 0 bridgehead atoms. The van der Waals surface area contributed by atoms with Crippen LogP contribution in [-0.2, 0) is 4.79 Å². The number of pyridine rings is 1. The molecular formula is C12H13N3O.